The monoisotopic (exact) mass is 292 g/mol. The lowest BCUT2D eigenvalue weighted by molar-refractivity contribution is -0.603. The van der Waals surface area contributed by atoms with Crippen LogP contribution in [-0.4, -0.2) is 12.5 Å². The van der Waals surface area contributed by atoms with E-state index in [9.17, 15) is 14.4 Å². The van der Waals surface area contributed by atoms with Crippen LogP contribution in [0.4, 0.5) is 10.1 Å². The Balaban J connectivity index is 1.95. The van der Waals surface area contributed by atoms with Crippen LogP contribution in [0.5, 0.6) is 0 Å². The van der Waals surface area contributed by atoms with Crippen LogP contribution in [0, 0.1) is 11.0 Å². The molecule has 0 bridgehead atoms. The molecule has 1 aliphatic rings. The van der Waals surface area contributed by atoms with Crippen molar-refractivity contribution in [2.75, 3.05) is 11.4 Å². The summed E-state index contributed by atoms with van der Waals surface area (Å²) in [4.78, 5) is 14.0. The molecule has 2 heterocycles. The first kappa shape index (κ1) is 12.9. The van der Waals surface area contributed by atoms with Crippen molar-refractivity contribution in [3.63, 3.8) is 0 Å². The molecule has 1 aromatic carbocycles. The molecule has 6 heteroatoms. The van der Waals surface area contributed by atoms with E-state index in [-0.39, 0.29) is 16.9 Å². The Morgan fingerprint density at radius 1 is 1.35 bits per heavy atom. The Morgan fingerprint density at radius 3 is 2.90 bits per heavy atom. The van der Waals surface area contributed by atoms with Gasteiger partial charge in [0.25, 0.3) is 11.1 Å². The Hall–Kier alpha value is -2.14. The van der Waals surface area contributed by atoms with Gasteiger partial charge in [-0.05, 0) is 41.8 Å². The number of carbonyl (C=O) groups excluding carboxylic acids is 1. The van der Waals surface area contributed by atoms with Gasteiger partial charge in [0.1, 0.15) is 5.82 Å². The molecule has 0 spiro atoms. The zero-order valence-electron chi connectivity index (χ0n) is 10.3. The lowest BCUT2D eigenvalue weighted by Gasteiger charge is -2.17. The molecule has 0 N–H and O–H groups in total. The van der Waals surface area contributed by atoms with Gasteiger partial charge in [-0.25, -0.2) is 4.39 Å². The lowest BCUT2D eigenvalue weighted by atomic mass is 10.1. The summed E-state index contributed by atoms with van der Waals surface area (Å²) in [6, 6.07) is 7.11. The van der Waals surface area contributed by atoms with Crippen LogP contribution in [-0.2, 0) is 6.42 Å². The lowest BCUT2D eigenvalue weighted by Crippen LogP contribution is -2.31. The van der Waals surface area contributed by atoms with E-state index in [1.54, 1.807) is 11.0 Å². The van der Waals surface area contributed by atoms with Crippen molar-refractivity contribution in [1.29, 1.82) is 0 Å². The van der Waals surface area contributed by atoms with Crippen molar-refractivity contribution >= 4 is 23.2 Å². The SMILES string of the molecule is O=C(c1cc[n+]([O-])c(Cl)c1)N1CCc2cc(F)ccc21. The molecular weight excluding hydrogens is 283 g/mol. The fourth-order valence-electron chi connectivity index (χ4n) is 2.33. The predicted molar refractivity (Wildman–Crippen MR) is 72.2 cm³/mol. The van der Waals surface area contributed by atoms with Crippen LogP contribution in [0.25, 0.3) is 0 Å². The number of fused-ring (bicyclic) bond motifs is 1. The molecule has 0 saturated heterocycles. The fraction of sp³-hybridized carbons (Fsp3) is 0.143. The predicted octanol–water partition coefficient (Wildman–Crippen LogP) is 2.32. The van der Waals surface area contributed by atoms with Crippen LogP contribution in [0.2, 0.25) is 5.15 Å². The molecule has 3 rings (SSSR count). The van der Waals surface area contributed by atoms with Gasteiger partial charge in [0, 0.05) is 24.4 Å². The molecule has 102 valence electrons. The average Bonchev–Trinajstić information content (AvgIpc) is 2.84. The maximum atomic E-state index is 13.2. The minimum atomic E-state index is -0.312. The Morgan fingerprint density at radius 2 is 2.15 bits per heavy atom. The van der Waals surface area contributed by atoms with E-state index < -0.39 is 0 Å². The number of benzene rings is 1. The Bertz CT molecular complexity index is 706. The van der Waals surface area contributed by atoms with Gasteiger partial charge in [-0.2, -0.15) is 4.73 Å². The highest BCUT2D eigenvalue weighted by Gasteiger charge is 2.26. The number of amides is 1. The van der Waals surface area contributed by atoms with Crippen molar-refractivity contribution < 1.29 is 13.9 Å². The molecule has 0 fully saturated rings. The van der Waals surface area contributed by atoms with E-state index in [1.165, 1.54) is 30.5 Å². The van der Waals surface area contributed by atoms with Crippen LogP contribution >= 0.6 is 11.6 Å². The summed E-state index contributed by atoms with van der Waals surface area (Å²) < 4.78 is 13.6. The van der Waals surface area contributed by atoms with E-state index in [0.29, 0.717) is 28.9 Å². The van der Waals surface area contributed by atoms with Gasteiger partial charge in [0.15, 0.2) is 6.20 Å². The minimum absolute atomic E-state index is 0.0608. The van der Waals surface area contributed by atoms with Gasteiger partial charge in [-0.3, -0.25) is 4.79 Å². The highest BCUT2D eigenvalue weighted by Crippen LogP contribution is 2.29. The first-order valence-electron chi connectivity index (χ1n) is 6.05. The van der Waals surface area contributed by atoms with E-state index in [0.717, 1.165) is 5.56 Å². The molecule has 1 aromatic heterocycles. The number of hydrogen-bond acceptors (Lipinski definition) is 2. The van der Waals surface area contributed by atoms with Crippen LogP contribution in [0.15, 0.2) is 36.5 Å². The van der Waals surface area contributed by atoms with E-state index in [4.69, 9.17) is 11.6 Å². The summed E-state index contributed by atoms with van der Waals surface area (Å²) in [5.74, 6) is -0.564. The van der Waals surface area contributed by atoms with Crippen molar-refractivity contribution in [3.8, 4) is 0 Å². The van der Waals surface area contributed by atoms with E-state index >= 15 is 0 Å². The molecule has 0 aliphatic carbocycles. The second-order valence-corrected chi connectivity index (χ2v) is 4.93. The Kier molecular flexibility index (Phi) is 3.06. The first-order chi connectivity index (χ1) is 9.56. The van der Waals surface area contributed by atoms with Crippen LogP contribution < -0.4 is 9.63 Å². The largest absolute Gasteiger partial charge is 0.618 e. The van der Waals surface area contributed by atoms with Crippen molar-refractivity contribution in [3.05, 3.63) is 63.8 Å². The topological polar surface area (TPSA) is 47.2 Å². The van der Waals surface area contributed by atoms with Crippen molar-refractivity contribution in [2.24, 2.45) is 0 Å². The molecule has 20 heavy (non-hydrogen) atoms. The molecular formula is C14H10ClFN2O2. The molecule has 0 radical (unpaired) electrons. The van der Waals surface area contributed by atoms with Gasteiger partial charge in [0.2, 0.25) is 0 Å². The summed E-state index contributed by atoms with van der Waals surface area (Å²) in [7, 11) is 0. The Labute approximate surface area is 119 Å². The number of halogens is 2. The van der Waals surface area contributed by atoms with Crippen molar-refractivity contribution in [2.45, 2.75) is 6.42 Å². The van der Waals surface area contributed by atoms with Crippen molar-refractivity contribution in [1.82, 2.24) is 0 Å². The van der Waals surface area contributed by atoms with Gasteiger partial charge < -0.3 is 10.1 Å². The molecule has 4 nitrogen and oxygen atoms in total. The van der Waals surface area contributed by atoms with Gasteiger partial charge >= 0.3 is 0 Å². The van der Waals surface area contributed by atoms with Gasteiger partial charge in [-0.1, -0.05) is 0 Å². The minimum Gasteiger partial charge on any atom is -0.618 e. The third-order valence-corrected chi connectivity index (χ3v) is 3.58. The molecule has 1 aliphatic heterocycles. The maximum absolute atomic E-state index is 13.2. The number of anilines is 1. The smallest absolute Gasteiger partial charge is 0.287 e. The van der Waals surface area contributed by atoms with Crippen LogP contribution in [0.1, 0.15) is 15.9 Å². The molecule has 0 atom stereocenters. The number of rotatable bonds is 1. The zero-order valence-corrected chi connectivity index (χ0v) is 11.1. The number of carbonyl (C=O) groups is 1. The average molecular weight is 293 g/mol. The van der Waals surface area contributed by atoms with E-state index in [2.05, 4.69) is 0 Å². The maximum Gasteiger partial charge on any atom is 0.287 e. The third kappa shape index (κ3) is 2.10. The zero-order chi connectivity index (χ0) is 14.3. The number of nitrogens with zero attached hydrogens (tertiary/aromatic N) is 2. The summed E-state index contributed by atoms with van der Waals surface area (Å²) >= 11 is 5.72. The van der Waals surface area contributed by atoms with Gasteiger partial charge in [-0.15, -0.1) is 0 Å². The normalized spacial score (nSPS) is 13.4. The molecule has 0 unspecified atom stereocenters. The van der Waals surface area contributed by atoms with Crippen LogP contribution in [0.3, 0.4) is 0 Å². The number of hydrogen-bond donors (Lipinski definition) is 0. The molecule has 2 aromatic rings. The number of aromatic nitrogens is 1. The standard InChI is InChI=1S/C14H10ClFN2O2/c15-13-8-10(4-6-18(13)20)14(19)17-5-3-9-7-11(16)1-2-12(9)17/h1-2,4,6-8H,3,5H2. The summed E-state index contributed by atoms with van der Waals surface area (Å²) in [6.45, 7) is 0.488. The van der Waals surface area contributed by atoms with E-state index in [1.807, 2.05) is 0 Å². The summed E-state index contributed by atoms with van der Waals surface area (Å²) in [6.07, 6.45) is 1.80. The molecule has 0 saturated carbocycles. The first-order valence-corrected chi connectivity index (χ1v) is 6.43. The molecule has 1 amide bonds. The second kappa shape index (κ2) is 4.76. The second-order valence-electron chi connectivity index (χ2n) is 4.54. The van der Waals surface area contributed by atoms with Gasteiger partial charge in [0.05, 0.1) is 5.56 Å². The quantitative estimate of drug-likeness (QED) is 0.460. The fourth-order valence-corrected chi connectivity index (χ4v) is 2.50. The summed E-state index contributed by atoms with van der Waals surface area (Å²) in [5, 5.41) is 11.1. The summed E-state index contributed by atoms with van der Waals surface area (Å²) in [5.41, 5.74) is 1.84. The number of pyridine rings is 1. The highest BCUT2D eigenvalue weighted by molar-refractivity contribution is 6.29. The third-order valence-electron chi connectivity index (χ3n) is 3.30. The highest BCUT2D eigenvalue weighted by atomic mass is 35.5.